The van der Waals surface area contributed by atoms with E-state index >= 15 is 0 Å². The topological polar surface area (TPSA) is 40.5 Å². The quantitative estimate of drug-likeness (QED) is 0.908. The Morgan fingerprint density at radius 3 is 2.75 bits per heavy atom. The maximum Gasteiger partial charge on any atom is 0.416 e. The Bertz CT molecular complexity index is 501. The number of halogens is 3. The van der Waals surface area contributed by atoms with Gasteiger partial charge in [0.1, 0.15) is 0 Å². The molecule has 1 aliphatic rings. The lowest BCUT2D eigenvalue weighted by atomic mass is 10.0. The normalized spacial score (nSPS) is 23.1. The summed E-state index contributed by atoms with van der Waals surface area (Å²) in [6.07, 6.45) is -3.72. The molecule has 2 atom stereocenters. The van der Waals surface area contributed by atoms with E-state index in [4.69, 9.17) is 0 Å². The molecule has 0 saturated carbocycles. The van der Waals surface area contributed by atoms with Crippen LogP contribution in [0.2, 0.25) is 0 Å². The minimum Gasteiger partial charge on any atom is -0.394 e. The molecule has 0 bridgehead atoms. The van der Waals surface area contributed by atoms with Crippen LogP contribution in [0.1, 0.15) is 29.3 Å². The summed E-state index contributed by atoms with van der Waals surface area (Å²) in [7, 11) is 0. The monoisotopic (exact) mass is 287 g/mol. The number of aliphatic hydroxyl groups is 1. The number of alkyl halides is 3. The fourth-order valence-electron chi connectivity index (χ4n) is 2.53. The predicted molar refractivity (Wildman–Crippen MR) is 67.1 cm³/mol. The number of likely N-dealkylation sites (tertiary alicyclic amines) is 1. The number of carbonyl (C=O) groups is 1. The Labute approximate surface area is 115 Å². The Kier molecular flexibility index (Phi) is 4.04. The van der Waals surface area contributed by atoms with Crippen LogP contribution in [-0.4, -0.2) is 35.1 Å². The van der Waals surface area contributed by atoms with E-state index in [-0.39, 0.29) is 24.1 Å². The van der Waals surface area contributed by atoms with Crippen LogP contribution in [0.4, 0.5) is 13.2 Å². The van der Waals surface area contributed by atoms with E-state index in [0.717, 1.165) is 18.6 Å². The van der Waals surface area contributed by atoms with Crippen molar-refractivity contribution in [1.29, 1.82) is 0 Å². The highest BCUT2D eigenvalue weighted by atomic mass is 19.4. The summed E-state index contributed by atoms with van der Waals surface area (Å²) in [5, 5.41) is 9.31. The molecule has 110 valence electrons. The molecule has 3 nitrogen and oxygen atoms in total. The second kappa shape index (κ2) is 5.44. The number of hydrogen-bond donors (Lipinski definition) is 1. The number of aliphatic hydroxyl groups excluding tert-OH is 1. The van der Waals surface area contributed by atoms with Crippen molar-refractivity contribution in [2.45, 2.75) is 25.6 Å². The van der Waals surface area contributed by atoms with Crippen LogP contribution in [0.25, 0.3) is 0 Å². The Hall–Kier alpha value is -1.56. The van der Waals surface area contributed by atoms with Gasteiger partial charge in [-0.05, 0) is 30.5 Å². The van der Waals surface area contributed by atoms with Crippen LogP contribution in [0, 0.1) is 5.92 Å². The fraction of sp³-hybridized carbons (Fsp3) is 0.500. The minimum absolute atomic E-state index is 0.00683. The van der Waals surface area contributed by atoms with E-state index in [2.05, 4.69) is 0 Å². The molecule has 20 heavy (non-hydrogen) atoms. The molecule has 0 aliphatic carbocycles. The van der Waals surface area contributed by atoms with Gasteiger partial charge in [0.15, 0.2) is 0 Å². The van der Waals surface area contributed by atoms with Gasteiger partial charge >= 0.3 is 6.18 Å². The largest absolute Gasteiger partial charge is 0.416 e. The summed E-state index contributed by atoms with van der Waals surface area (Å²) in [5.41, 5.74) is -0.830. The maximum atomic E-state index is 12.6. The number of benzene rings is 1. The molecule has 1 saturated heterocycles. The van der Waals surface area contributed by atoms with E-state index in [1.807, 2.05) is 6.92 Å². The molecular formula is C14H16F3NO2. The van der Waals surface area contributed by atoms with Crippen molar-refractivity contribution in [1.82, 2.24) is 4.90 Å². The molecule has 1 N–H and O–H groups in total. The summed E-state index contributed by atoms with van der Waals surface area (Å²) < 4.78 is 37.9. The predicted octanol–water partition coefficient (Wildman–Crippen LogP) is 2.55. The summed E-state index contributed by atoms with van der Waals surface area (Å²) >= 11 is 0. The fourth-order valence-corrected chi connectivity index (χ4v) is 2.53. The highest BCUT2D eigenvalue weighted by molar-refractivity contribution is 5.94. The number of carbonyl (C=O) groups excluding carboxylic acids is 1. The lowest BCUT2D eigenvalue weighted by Crippen LogP contribution is -2.39. The van der Waals surface area contributed by atoms with Gasteiger partial charge in [-0.15, -0.1) is 0 Å². The van der Waals surface area contributed by atoms with Crippen LogP contribution >= 0.6 is 0 Å². The average Bonchev–Trinajstić information content (AvgIpc) is 2.78. The SMILES string of the molecule is CC1CCN(C(=O)c2cccc(C(F)(F)F)c2)C1CO. The molecule has 1 fully saturated rings. The highest BCUT2D eigenvalue weighted by Gasteiger charge is 2.35. The molecule has 6 heteroatoms. The van der Waals surface area contributed by atoms with Crippen molar-refractivity contribution in [3.8, 4) is 0 Å². The molecule has 1 aromatic rings. The maximum absolute atomic E-state index is 12.6. The summed E-state index contributed by atoms with van der Waals surface area (Å²) in [6.45, 7) is 2.20. The van der Waals surface area contributed by atoms with Gasteiger partial charge in [0.25, 0.3) is 5.91 Å². The van der Waals surface area contributed by atoms with Crippen molar-refractivity contribution in [2.75, 3.05) is 13.2 Å². The van der Waals surface area contributed by atoms with Gasteiger partial charge in [-0.1, -0.05) is 13.0 Å². The Morgan fingerprint density at radius 1 is 1.45 bits per heavy atom. The molecular weight excluding hydrogens is 271 g/mol. The second-order valence-electron chi connectivity index (χ2n) is 5.09. The number of amides is 1. The first-order valence-electron chi connectivity index (χ1n) is 6.43. The smallest absolute Gasteiger partial charge is 0.394 e. The van der Waals surface area contributed by atoms with E-state index in [1.54, 1.807) is 0 Å². The first-order chi connectivity index (χ1) is 9.34. The van der Waals surface area contributed by atoms with Crippen molar-refractivity contribution in [3.63, 3.8) is 0 Å². The summed E-state index contributed by atoms with van der Waals surface area (Å²) in [5.74, 6) is -0.311. The molecule has 1 aliphatic heterocycles. The van der Waals surface area contributed by atoms with Gasteiger partial charge in [-0.2, -0.15) is 13.2 Å². The van der Waals surface area contributed by atoms with Crippen LogP contribution in [0.15, 0.2) is 24.3 Å². The first kappa shape index (κ1) is 14.8. The number of hydrogen-bond acceptors (Lipinski definition) is 2. The van der Waals surface area contributed by atoms with Gasteiger partial charge in [0.05, 0.1) is 18.2 Å². The standard InChI is InChI=1S/C14H16F3NO2/c1-9-5-6-18(12(9)8-19)13(20)10-3-2-4-11(7-10)14(15,16)17/h2-4,7,9,12,19H,5-6,8H2,1H3. The molecule has 2 unspecified atom stereocenters. The minimum atomic E-state index is -4.47. The average molecular weight is 287 g/mol. The van der Waals surface area contributed by atoms with Crippen molar-refractivity contribution in [3.05, 3.63) is 35.4 Å². The Morgan fingerprint density at radius 2 is 2.15 bits per heavy atom. The molecule has 2 rings (SSSR count). The van der Waals surface area contributed by atoms with E-state index in [0.29, 0.717) is 6.54 Å². The zero-order chi connectivity index (χ0) is 14.9. The van der Waals surface area contributed by atoms with Crippen molar-refractivity contribution >= 4 is 5.91 Å². The Balaban J connectivity index is 2.26. The van der Waals surface area contributed by atoms with Gasteiger partial charge in [0, 0.05) is 12.1 Å². The van der Waals surface area contributed by atoms with Crippen molar-refractivity contribution < 1.29 is 23.1 Å². The third-order valence-electron chi connectivity index (χ3n) is 3.77. The lowest BCUT2D eigenvalue weighted by molar-refractivity contribution is -0.137. The highest BCUT2D eigenvalue weighted by Crippen LogP contribution is 2.31. The number of nitrogens with zero attached hydrogens (tertiary/aromatic N) is 1. The van der Waals surface area contributed by atoms with E-state index < -0.39 is 17.6 Å². The van der Waals surface area contributed by atoms with Crippen molar-refractivity contribution in [2.24, 2.45) is 5.92 Å². The summed E-state index contributed by atoms with van der Waals surface area (Å²) in [4.78, 5) is 13.7. The van der Waals surface area contributed by atoms with Gasteiger partial charge in [0.2, 0.25) is 0 Å². The van der Waals surface area contributed by atoms with E-state index in [9.17, 15) is 23.1 Å². The van der Waals surface area contributed by atoms with Gasteiger partial charge < -0.3 is 10.0 Å². The number of rotatable bonds is 2. The summed E-state index contributed by atoms with van der Waals surface area (Å²) in [6, 6.07) is 4.07. The molecule has 0 spiro atoms. The van der Waals surface area contributed by atoms with Crippen LogP contribution in [0.5, 0.6) is 0 Å². The third-order valence-corrected chi connectivity index (χ3v) is 3.77. The van der Waals surface area contributed by atoms with Gasteiger partial charge in [-0.25, -0.2) is 0 Å². The first-order valence-corrected chi connectivity index (χ1v) is 6.43. The van der Waals surface area contributed by atoms with Crippen LogP contribution in [0.3, 0.4) is 0 Å². The lowest BCUT2D eigenvalue weighted by Gasteiger charge is -2.25. The van der Waals surface area contributed by atoms with Crippen LogP contribution < -0.4 is 0 Å². The third kappa shape index (κ3) is 2.80. The molecule has 0 radical (unpaired) electrons. The zero-order valence-corrected chi connectivity index (χ0v) is 11.0. The second-order valence-corrected chi connectivity index (χ2v) is 5.09. The molecule has 1 aromatic carbocycles. The van der Waals surface area contributed by atoms with Crippen LogP contribution in [-0.2, 0) is 6.18 Å². The van der Waals surface area contributed by atoms with Gasteiger partial charge in [-0.3, -0.25) is 4.79 Å². The molecule has 0 aromatic heterocycles. The van der Waals surface area contributed by atoms with E-state index in [1.165, 1.54) is 17.0 Å². The zero-order valence-electron chi connectivity index (χ0n) is 11.0. The molecule has 1 heterocycles. The molecule has 1 amide bonds.